The molecule has 0 radical (unpaired) electrons. The van der Waals surface area contributed by atoms with Gasteiger partial charge in [0, 0.05) is 11.6 Å². The van der Waals surface area contributed by atoms with E-state index in [0.717, 1.165) is 0 Å². The van der Waals surface area contributed by atoms with Crippen molar-refractivity contribution in [1.29, 1.82) is 0 Å². The summed E-state index contributed by atoms with van der Waals surface area (Å²) in [5.74, 6) is 1.46. The minimum Gasteiger partial charge on any atom is -0.497 e. The molecular weight excluding hydrogens is 402 g/mol. The van der Waals surface area contributed by atoms with Crippen LogP contribution in [0, 0.1) is 0 Å². The highest BCUT2D eigenvalue weighted by atomic mass is 16.5. The van der Waals surface area contributed by atoms with Gasteiger partial charge in [-0.05, 0) is 36.4 Å². The van der Waals surface area contributed by atoms with Gasteiger partial charge in [0.15, 0.2) is 28.4 Å². The van der Waals surface area contributed by atoms with Crippen LogP contribution < -0.4 is 19.8 Å². The zero-order valence-electron chi connectivity index (χ0n) is 17.1. The number of methoxy groups -OCH3 is 3. The molecule has 0 atom stereocenters. The molecule has 0 amide bonds. The van der Waals surface area contributed by atoms with Gasteiger partial charge in [0.05, 0.1) is 33.6 Å². The number of carbonyl (C=O) groups excluding carboxylic acids is 1. The summed E-state index contributed by atoms with van der Waals surface area (Å²) in [7, 11) is 4.62. The molecule has 0 aliphatic rings. The van der Waals surface area contributed by atoms with Gasteiger partial charge in [0.2, 0.25) is 0 Å². The van der Waals surface area contributed by atoms with E-state index < -0.39 is 5.56 Å². The Kier molecular flexibility index (Phi) is 5.35. The second-order valence-corrected chi connectivity index (χ2v) is 6.54. The minimum absolute atomic E-state index is 0.0554. The molecule has 0 bridgehead atoms. The molecule has 31 heavy (non-hydrogen) atoms. The average molecular weight is 421 g/mol. The van der Waals surface area contributed by atoms with Crippen LogP contribution in [-0.4, -0.2) is 51.7 Å². The lowest BCUT2D eigenvalue weighted by molar-refractivity contribution is 0.0970. The Morgan fingerprint density at radius 3 is 2.39 bits per heavy atom. The summed E-state index contributed by atoms with van der Waals surface area (Å²) >= 11 is 0. The number of ketones is 1. The molecule has 2 aromatic heterocycles. The molecule has 0 fully saturated rings. The van der Waals surface area contributed by atoms with Crippen molar-refractivity contribution in [1.82, 2.24) is 24.5 Å². The van der Waals surface area contributed by atoms with E-state index in [1.807, 2.05) is 0 Å². The van der Waals surface area contributed by atoms with Crippen molar-refractivity contribution in [3.8, 4) is 22.9 Å². The molecule has 4 aromatic rings. The Balaban J connectivity index is 1.66. The van der Waals surface area contributed by atoms with E-state index in [2.05, 4.69) is 15.3 Å². The number of hydrogen-bond acceptors (Lipinski definition) is 8. The molecule has 0 aliphatic heterocycles. The maximum atomic E-state index is 12.9. The van der Waals surface area contributed by atoms with Crippen LogP contribution in [0.1, 0.15) is 10.4 Å². The van der Waals surface area contributed by atoms with Crippen LogP contribution in [0.25, 0.3) is 16.9 Å². The molecule has 2 heterocycles. The number of fused-ring (bicyclic) bond motifs is 1. The number of aromatic nitrogens is 5. The van der Waals surface area contributed by atoms with Gasteiger partial charge < -0.3 is 14.2 Å². The van der Waals surface area contributed by atoms with Gasteiger partial charge >= 0.3 is 0 Å². The standard InChI is InChI=1S/C21H19N5O5/c1-29-15-7-4-13(5-8-15)16(27)11-25-12-22-20-19(21(25)28)23-24-26(20)14-6-9-17(30-2)18(10-14)31-3/h4-10,12H,11H2,1-3H3. The number of carbonyl (C=O) groups is 1. The molecule has 0 saturated carbocycles. The lowest BCUT2D eigenvalue weighted by Gasteiger charge is -2.09. The first-order valence-corrected chi connectivity index (χ1v) is 9.26. The number of Topliss-reactive ketones (excluding diaryl/α,β-unsaturated/α-hetero) is 1. The molecule has 0 spiro atoms. The highest BCUT2D eigenvalue weighted by Gasteiger charge is 2.16. The minimum atomic E-state index is -0.460. The van der Waals surface area contributed by atoms with Crippen LogP contribution in [0.2, 0.25) is 0 Å². The van der Waals surface area contributed by atoms with E-state index in [1.54, 1.807) is 56.7 Å². The Morgan fingerprint density at radius 1 is 0.968 bits per heavy atom. The fourth-order valence-electron chi connectivity index (χ4n) is 3.11. The molecule has 0 aliphatic carbocycles. The highest BCUT2D eigenvalue weighted by molar-refractivity contribution is 5.96. The first-order chi connectivity index (χ1) is 15.0. The maximum Gasteiger partial charge on any atom is 0.283 e. The Hall–Kier alpha value is -4.21. The van der Waals surface area contributed by atoms with Gasteiger partial charge in [0.1, 0.15) is 12.1 Å². The van der Waals surface area contributed by atoms with Crippen molar-refractivity contribution < 1.29 is 19.0 Å². The number of hydrogen-bond donors (Lipinski definition) is 0. The van der Waals surface area contributed by atoms with Crippen molar-refractivity contribution in [3.63, 3.8) is 0 Å². The summed E-state index contributed by atoms with van der Waals surface area (Å²) in [5.41, 5.74) is 0.921. The lowest BCUT2D eigenvalue weighted by atomic mass is 10.1. The zero-order valence-corrected chi connectivity index (χ0v) is 17.1. The summed E-state index contributed by atoms with van der Waals surface area (Å²) in [5, 5.41) is 8.02. The van der Waals surface area contributed by atoms with Gasteiger partial charge in [0.25, 0.3) is 5.56 Å². The zero-order chi connectivity index (χ0) is 22.0. The molecule has 10 heteroatoms. The van der Waals surface area contributed by atoms with Gasteiger partial charge in [-0.25, -0.2) is 4.98 Å². The van der Waals surface area contributed by atoms with Crippen molar-refractivity contribution >= 4 is 16.9 Å². The van der Waals surface area contributed by atoms with E-state index in [1.165, 1.54) is 22.7 Å². The van der Waals surface area contributed by atoms with Gasteiger partial charge in [-0.3, -0.25) is 14.2 Å². The maximum absolute atomic E-state index is 12.9. The summed E-state index contributed by atoms with van der Waals surface area (Å²) in [4.78, 5) is 29.7. The topological polar surface area (TPSA) is 110 Å². The van der Waals surface area contributed by atoms with Gasteiger partial charge in [-0.15, -0.1) is 5.10 Å². The predicted molar refractivity (Wildman–Crippen MR) is 111 cm³/mol. The summed E-state index contributed by atoms with van der Waals surface area (Å²) in [6, 6.07) is 11.8. The largest absolute Gasteiger partial charge is 0.497 e. The average Bonchev–Trinajstić information content (AvgIpc) is 3.25. The van der Waals surface area contributed by atoms with Crippen LogP contribution in [0.3, 0.4) is 0 Å². The van der Waals surface area contributed by atoms with E-state index in [0.29, 0.717) is 28.5 Å². The normalized spacial score (nSPS) is 10.8. The molecule has 2 aromatic carbocycles. The SMILES string of the molecule is COc1ccc(C(=O)Cn2cnc3c(nnn3-c3ccc(OC)c(OC)c3)c2=O)cc1. The highest BCUT2D eigenvalue weighted by Crippen LogP contribution is 2.29. The van der Waals surface area contributed by atoms with Crippen molar-refractivity contribution in [2.75, 3.05) is 21.3 Å². The van der Waals surface area contributed by atoms with Crippen LogP contribution in [-0.2, 0) is 6.54 Å². The van der Waals surface area contributed by atoms with Crippen LogP contribution >= 0.6 is 0 Å². The van der Waals surface area contributed by atoms with Crippen molar-refractivity contribution in [2.24, 2.45) is 0 Å². The number of rotatable bonds is 7. The van der Waals surface area contributed by atoms with Gasteiger partial charge in [-0.2, -0.15) is 4.68 Å². The third-order valence-electron chi connectivity index (χ3n) is 4.77. The van der Waals surface area contributed by atoms with Crippen LogP contribution in [0.4, 0.5) is 0 Å². The molecule has 158 valence electrons. The fourth-order valence-corrected chi connectivity index (χ4v) is 3.11. The first kappa shape index (κ1) is 20.1. The quantitative estimate of drug-likeness (QED) is 0.416. The second kappa shape index (κ2) is 8.27. The van der Waals surface area contributed by atoms with E-state index in [4.69, 9.17) is 14.2 Å². The van der Waals surface area contributed by atoms with Crippen LogP contribution in [0.5, 0.6) is 17.2 Å². The second-order valence-electron chi connectivity index (χ2n) is 6.54. The monoisotopic (exact) mass is 421 g/mol. The third-order valence-corrected chi connectivity index (χ3v) is 4.77. The summed E-state index contributed by atoms with van der Waals surface area (Å²) in [6.07, 6.45) is 1.31. The summed E-state index contributed by atoms with van der Waals surface area (Å²) < 4.78 is 18.3. The fraction of sp³-hybridized carbons (Fsp3) is 0.190. The molecule has 0 unspecified atom stereocenters. The summed E-state index contributed by atoms with van der Waals surface area (Å²) in [6.45, 7) is -0.169. The number of ether oxygens (including phenoxy) is 3. The Bertz CT molecular complexity index is 1310. The molecular formula is C21H19N5O5. The van der Waals surface area contributed by atoms with Crippen LogP contribution in [0.15, 0.2) is 53.6 Å². The molecule has 0 N–H and O–H groups in total. The molecule has 10 nitrogen and oxygen atoms in total. The Labute approximate surface area is 176 Å². The molecule has 0 saturated heterocycles. The third kappa shape index (κ3) is 3.70. The van der Waals surface area contributed by atoms with Crippen molar-refractivity contribution in [3.05, 3.63) is 64.7 Å². The van der Waals surface area contributed by atoms with E-state index in [-0.39, 0.29) is 23.5 Å². The first-order valence-electron chi connectivity index (χ1n) is 9.26. The van der Waals surface area contributed by atoms with E-state index >= 15 is 0 Å². The number of nitrogens with zero attached hydrogens (tertiary/aromatic N) is 5. The van der Waals surface area contributed by atoms with Gasteiger partial charge in [-0.1, -0.05) is 5.21 Å². The lowest BCUT2D eigenvalue weighted by Crippen LogP contribution is -2.25. The predicted octanol–water partition coefficient (Wildman–Crippen LogP) is 1.89. The van der Waals surface area contributed by atoms with E-state index in [9.17, 15) is 9.59 Å². The molecule has 4 rings (SSSR count). The smallest absolute Gasteiger partial charge is 0.283 e. The number of benzene rings is 2. The Morgan fingerprint density at radius 2 is 1.71 bits per heavy atom. The van der Waals surface area contributed by atoms with Crippen molar-refractivity contribution in [2.45, 2.75) is 6.54 Å².